The summed E-state index contributed by atoms with van der Waals surface area (Å²) in [5.41, 5.74) is 0.638. The van der Waals surface area contributed by atoms with Gasteiger partial charge in [0.1, 0.15) is 19.0 Å². The third-order valence-electron chi connectivity index (χ3n) is 1.93. The Bertz CT molecular complexity index is 449. The van der Waals surface area contributed by atoms with Crippen LogP contribution in [0.4, 0.5) is 13.2 Å². The summed E-state index contributed by atoms with van der Waals surface area (Å²) >= 11 is 5.45. The zero-order chi connectivity index (χ0) is 14.1. The van der Waals surface area contributed by atoms with Gasteiger partial charge in [-0.25, -0.2) is 0 Å². The minimum absolute atomic E-state index is 0.0235. The first-order chi connectivity index (χ1) is 9.03. The van der Waals surface area contributed by atoms with Crippen LogP contribution in [0.3, 0.4) is 0 Å². The summed E-state index contributed by atoms with van der Waals surface area (Å²) in [7, 11) is 0. The highest BCUT2D eigenvalue weighted by atomic mass is 35.5. The number of halogens is 4. The largest absolute Gasteiger partial charge is 0.490 e. The summed E-state index contributed by atoms with van der Waals surface area (Å²) in [5.74, 6) is 6.18. The average Bonchev–Trinajstić information content (AvgIpc) is 2.36. The van der Waals surface area contributed by atoms with E-state index < -0.39 is 12.8 Å². The van der Waals surface area contributed by atoms with E-state index in [1.165, 1.54) is 0 Å². The van der Waals surface area contributed by atoms with Gasteiger partial charge in [-0.05, 0) is 12.1 Å². The van der Waals surface area contributed by atoms with Crippen molar-refractivity contribution < 1.29 is 22.6 Å². The molecular weight excluding hydrogens is 281 g/mol. The zero-order valence-electron chi connectivity index (χ0n) is 9.97. The lowest BCUT2D eigenvalue weighted by Gasteiger charge is -2.10. The molecule has 6 heteroatoms. The van der Waals surface area contributed by atoms with Crippen LogP contribution in [0.15, 0.2) is 24.3 Å². The van der Waals surface area contributed by atoms with E-state index in [1.807, 2.05) is 0 Å². The molecule has 0 radical (unpaired) electrons. The van der Waals surface area contributed by atoms with Gasteiger partial charge in [0.25, 0.3) is 0 Å². The van der Waals surface area contributed by atoms with Crippen molar-refractivity contribution in [2.45, 2.75) is 6.18 Å². The maximum absolute atomic E-state index is 11.8. The molecule has 0 spiro atoms. The first kappa shape index (κ1) is 15.7. The molecule has 1 aromatic rings. The van der Waals surface area contributed by atoms with Gasteiger partial charge in [-0.1, -0.05) is 24.0 Å². The van der Waals surface area contributed by atoms with Gasteiger partial charge < -0.3 is 9.47 Å². The Kier molecular flexibility index (Phi) is 6.54. The second-order valence-corrected chi connectivity index (χ2v) is 3.72. The number of para-hydroxylation sites is 1. The van der Waals surface area contributed by atoms with Crippen molar-refractivity contribution in [3.05, 3.63) is 29.8 Å². The summed E-state index contributed by atoms with van der Waals surface area (Å²) in [6.07, 6.45) is -4.32. The van der Waals surface area contributed by atoms with Crippen molar-refractivity contribution in [2.24, 2.45) is 0 Å². The fourth-order valence-corrected chi connectivity index (χ4v) is 1.29. The van der Waals surface area contributed by atoms with Gasteiger partial charge in [0.05, 0.1) is 18.1 Å². The first-order valence-electron chi connectivity index (χ1n) is 5.44. The van der Waals surface area contributed by atoms with Crippen LogP contribution in [-0.4, -0.2) is 31.9 Å². The Morgan fingerprint density at radius 1 is 1.16 bits per heavy atom. The number of ether oxygens (including phenoxy) is 2. The van der Waals surface area contributed by atoms with Gasteiger partial charge in [0.2, 0.25) is 0 Å². The fraction of sp³-hybridized carbons (Fsp3) is 0.385. The average molecular weight is 293 g/mol. The molecule has 2 nitrogen and oxygen atoms in total. The van der Waals surface area contributed by atoms with E-state index in [1.54, 1.807) is 24.3 Å². The van der Waals surface area contributed by atoms with E-state index >= 15 is 0 Å². The first-order valence-corrected chi connectivity index (χ1v) is 5.97. The maximum atomic E-state index is 11.8. The van der Waals surface area contributed by atoms with Crippen molar-refractivity contribution in [3.8, 4) is 17.6 Å². The van der Waals surface area contributed by atoms with Crippen LogP contribution in [0.5, 0.6) is 5.75 Å². The molecular formula is C13H12ClF3O2. The summed E-state index contributed by atoms with van der Waals surface area (Å²) in [4.78, 5) is 0. The lowest BCUT2D eigenvalue weighted by Crippen LogP contribution is -2.19. The van der Waals surface area contributed by atoms with E-state index in [2.05, 4.69) is 16.6 Å². The molecule has 0 saturated heterocycles. The number of rotatable bonds is 5. The molecule has 0 bridgehead atoms. The van der Waals surface area contributed by atoms with E-state index in [0.29, 0.717) is 11.3 Å². The Hall–Kier alpha value is -1.38. The molecule has 0 aliphatic heterocycles. The van der Waals surface area contributed by atoms with Gasteiger partial charge in [0.15, 0.2) is 0 Å². The molecule has 0 aliphatic carbocycles. The summed E-state index contributed by atoms with van der Waals surface area (Å²) in [6.45, 7) is -1.39. The monoisotopic (exact) mass is 292 g/mol. The second kappa shape index (κ2) is 7.93. The number of hydrogen-bond acceptors (Lipinski definition) is 2. The van der Waals surface area contributed by atoms with Gasteiger partial charge in [-0.3, -0.25) is 0 Å². The van der Waals surface area contributed by atoms with Crippen LogP contribution in [0.25, 0.3) is 0 Å². The third kappa shape index (κ3) is 6.94. The SMILES string of the molecule is FC(F)(F)COCCOc1ccccc1C#CCCl. The lowest BCUT2D eigenvalue weighted by atomic mass is 10.2. The van der Waals surface area contributed by atoms with Gasteiger partial charge in [-0.15, -0.1) is 11.6 Å². The summed E-state index contributed by atoms with van der Waals surface area (Å²) < 4.78 is 45.2. The third-order valence-corrected chi connectivity index (χ3v) is 2.06. The van der Waals surface area contributed by atoms with E-state index in [4.69, 9.17) is 16.3 Å². The van der Waals surface area contributed by atoms with Gasteiger partial charge >= 0.3 is 6.18 Å². The standard InChI is InChI=1S/C13H12ClF3O2/c14-7-3-5-11-4-1-2-6-12(11)19-9-8-18-10-13(15,16)17/h1-2,4,6H,7-10H2. The minimum Gasteiger partial charge on any atom is -0.490 e. The molecule has 19 heavy (non-hydrogen) atoms. The minimum atomic E-state index is -4.32. The Balaban J connectivity index is 2.41. The summed E-state index contributed by atoms with van der Waals surface area (Å²) in [5, 5.41) is 0. The van der Waals surface area contributed by atoms with Crippen LogP contribution in [0, 0.1) is 11.8 Å². The molecule has 0 fully saturated rings. The zero-order valence-corrected chi connectivity index (χ0v) is 10.7. The quantitative estimate of drug-likeness (QED) is 0.471. The molecule has 0 heterocycles. The highest BCUT2D eigenvalue weighted by Crippen LogP contribution is 2.17. The molecule has 1 rings (SSSR count). The van der Waals surface area contributed by atoms with E-state index in [-0.39, 0.29) is 19.1 Å². The summed E-state index contributed by atoms with van der Waals surface area (Å²) in [6, 6.07) is 6.95. The van der Waals surface area contributed by atoms with Crippen LogP contribution >= 0.6 is 11.6 Å². The second-order valence-electron chi connectivity index (χ2n) is 3.45. The van der Waals surface area contributed by atoms with Gasteiger partial charge in [-0.2, -0.15) is 13.2 Å². The van der Waals surface area contributed by atoms with E-state index in [0.717, 1.165) is 0 Å². The van der Waals surface area contributed by atoms with Gasteiger partial charge in [0, 0.05) is 0 Å². The van der Waals surface area contributed by atoms with Crippen molar-refractivity contribution in [1.29, 1.82) is 0 Å². The molecule has 0 saturated carbocycles. The number of alkyl halides is 4. The Morgan fingerprint density at radius 2 is 1.89 bits per heavy atom. The molecule has 1 aromatic carbocycles. The molecule has 0 unspecified atom stereocenters. The number of benzene rings is 1. The molecule has 0 N–H and O–H groups in total. The molecule has 0 atom stereocenters. The fourth-order valence-electron chi connectivity index (χ4n) is 1.22. The van der Waals surface area contributed by atoms with Crippen LogP contribution in [0.1, 0.15) is 5.56 Å². The van der Waals surface area contributed by atoms with Crippen molar-refractivity contribution in [2.75, 3.05) is 25.7 Å². The van der Waals surface area contributed by atoms with Crippen molar-refractivity contribution >= 4 is 11.6 Å². The predicted molar refractivity (Wildman–Crippen MR) is 66.4 cm³/mol. The normalized spacial score (nSPS) is 10.7. The van der Waals surface area contributed by atoms with Crippen LogP contribution in [0.2, 0.25) is 0 Å². The van der Waals surface area contributed by atoms with E-state index in [9.17, 15) is 13.2 Å². The maximum Gasteiger partial charge on any atom is 0.411 e. The highest BCUT2D eigenvalue weighted by molar-refractivity contribution is 6.19. The number of hydrogen-bond donors (Lipinski definition) is 0. The lowest BCUT2D eigenvalue weighted by molar-refractivity contribution is -0.175. The molecule has 0 amide bonds. The van der Waals surface area contributed by atoms with Crippen molar-refractivity contribution in [1.82, 2.24) is 0 Å². The molecule has 0 aromatic heterocycles. The molecule has 104 valence electrons. The Morgan fingerprint density at radius 3 is 2.58 bits per heavy atom. The van der Waals surface area contributed by atoms with Crippen molar-refractivity contribution in [3.63, 3.8) is 0 Å². The molecule has 0 aliphatic rings. The van der Waals surface area contributed by atoms with Crippen LogP contribution < -0.4 is 4.74 Å². The highest BCUT2D eigenvalue weighted by Gasteiger charge is 2.27. The smallest absolute Gasteiger partial charge is 0.411 e. The van der Waals surface area contributed by atoms with Crippen LogP contribution in [-0.2, 0) is 4.74 Å². The topological polar surface area (TPSA) is 18.5 Å². The Labute approximate surface area is 114 Å². The predicted octanol–water partition coefficient (Wildman–Crippen LogP) is 3.23.